The van der Waals surface area contributed by atoms with E-state index in [1.807, 2.05) is 0 Å². The number of nitrogens with one attached hydrogen (secondary N) is 1. The van der Waals surface area contributed by atoms with Crippen LogP contribution in [0.25, 0.3) is 0 Å². The summed E-state index contributed by atoms with van der Waals surface area (Å²) in [5, 5.41) is 9.50. The van der Waals surface area contributed by atoms with Crippen LogP contribution in [0, 0.1) is 0 Å². The Labute approximate surface area is 125 Å². The number of hydrogen-bond donors (Lipinski definition) is 1. The molecule has 0 spiro atoms. The number of anilines is 1. The van der Waals surface area contributed by atoms with Crippen LogP contribution < -0.4 is 10.1 Å². The summed E-state index contributed by atoms with van der Waals surface area (Å²) in [5.41, 5.74) is 0. The van der Waals surface area contributed by atoms with Crippen LogP contribution in [-0.2, 0) is 10.0 Å². The van der Waals surface area contributed by atoms with Crippen molar-refractivity contribution in [1.82, 2.24) is 14.5 Å². The Bertz CT molecular complexity index is 728. The lowest BCUT2D eigenvalue weighted by Gasteiger charge is -2.06. The summed E-state index contributed by atoms with van der Waals surface area (Å²) in [6.45, 7) is 0. The van der Waals surface area contributed by atoms with Crippen molar-refractivity contribution in [1.29, 1.82) is 0 Å². The topological polar surface area (TPSA) is 101 Å². The number of rotatable bonds is 4. The molecule has 0 saturated heterocycles. The van der Waals surface area contributed by atoms with Crippen LogP contribution in [0.4, 0.5) is 9.93 Å². The van der Waals surface area contributed by atoms with E-state index in [-0.39, 0.29) is 9.47 Å². The largest absolute Gasteiger partial charge is 0.418 e. The molecule has 0 aliphatic carbocycles. The number of sulfonamides is 1. The average molecular weight is 328 g/mol. The van der Waals surface area contributed by atoms with Crippen molar-refractivity contribution in [3.8, 4) is 5.75 Å². The SMILES string of the molecule is CN(C)S(=O)(=O)c1nnc(NC(=O)Oc2ccccc2)s1. The van der Waals surface area contributed by atoms with E-state index >= 15 is 0 Å². The van der Waals surface area contributed by atoms with E-state index < -0.39 is 16.1 Å². The van der Waals surface area contributed by atoms with Gasteiger partial charge in [-0.1, -0.05) is 29.5 Å². The molecule has 0 fully saturated rings. The summed E-state index contributed by atoms with van der Waals surface area (Å²) >= 11 is 0.743. The second-order valence-electron chi connectivity index (χ2n) is 3.99. The summed E-state index contributed by atoms with van der Waals surface area (Å²) in [5.74, 6) is 0.362. The quantitative estimate of drug-likeness (QED) is 0.851. The van der Waals surface area contributed by atoms with E-state index in [2.05, 4.69) is 15.5 Å². The normalized spacial score (nSPS) is 11.4. The van der Waals surface area contributed by atoms with E-state index in [0.29, 0.717) is 5.75 Å². The average Bonchev–Trinajstić information content (AvgIpc) is 2.88. The highest BCUT2D eigenvalue weighted by atomic mass is 32.2. The fourth-order valence-corrected chi connectivity index (χ4v) is 3.25. The summed E-state index contributed by atoms with van der Waals surface area (Å²) in [7, 11) is -0.900. The lowest BCUT2D eigenvalue weighted by molar-refractivity contribution is 0.215. The zero-order chi connectivity index (χ0) is 15.5. The Kier molecular flexibility index (Phi) is 4.50. The Morgan fingerprint density at radius 1 is 1.24 bits per heavy atom. The van der Waals surface area contributed by atoms with E-state index in [1.165, 1.54) is 14.1 Å². The number of aromatic nitrogens is 2. The van der Waals surface area contributed by atoms with Gasteiger partial charge in [-0.25, -0.2) is 17.5 Å². The van der Waals surface area contributed by atoms with E-state index in [9.17, 15) is 13.2 Å². The van der Waals surface area contributed by atoms with Crippen molar-refractivity contribution in [2.45, 2.75) is 4.34 Å². The molecule has 1 aromatic heterocycles. The second-order valence-corrected chi connectivity index (χ2v) is 7.29. The second kappa shape index (κ2) is 6.16. The van der Waals surface area contributed by atoms with Crippen LogP contribution in [0.5, 0.6) is 5.75 Å². The van der Waals surface area contributed by atoms with Gasteiger partial charge in [0.05, 0.1) is 0 Å². The van der Waals surface area contributed by atoms with Crippen LogP contribution in [0.3, 0.4) is 0 Å². The first-order valence-corrected chi connectivity index (χ1v) is 7.95. The van der Waals surface area contributed by atoms with E-state index in [0.717, 1.165) is 15.6 Å². The minimum Gasteiger partial charge on any atom is -0.410 e. The molecule has 0 aliphatic heterocycles. The Hall–Kier alpha value is -2.04. The highest BCUT2D eigenvalue weighted by Crippen LogP contribution is 2.22. The zero-order valence-electron chi connectivity index (χ0n) is 11.2. The van der Waals surface area contributed by atoms with Gasteiger partial charge in [0.1, 0.15) is 5.75 Å². The van der Waals surface area contributed by atoms with Crippen molar-refractivity contribution < 1.29 is 17.9 Å². The summed E-state index contributed by atoms with van der Waals surface area (Å²) in [4.78, 5) is 11.6. The molecule has 1 amide bonds. The molecule has 0 unspecified atom stereocenters. The zero-order valence-corrected chi connectivity index (χ0v) is 12.8. The molecule has 1 heterocycles. The number of para-hydroxylation sites is 1. The van der Waals surface area contributed by atoms with Gasteiger partial charge in [0.2, 0.25) is 9.47 Å². The molecule has 1 N–H and O–H groups in total. The maximum atomic E-state index is 11.8. The maximum absolute atomic E-state index is 11.8. The van der Waals surface area contributed by atoms with E-state index in [4.69, 9.17) is 4.74 Å². The van der Waals surface area contributed by atoms with Crippen LogP contribution in [0.15, 0.2) is 34.7 Å². The maximum Gasteiger partial charge on any atom is 0.418 e. The fourth-order valence-electron chi connectivity index (χ4n) is 1.23. The minimum absolute atomic E-state index is 0.0383. The molecule has 0 saturated carbocycles. The van der Waals surface area contributed by atoms with E-state index in [1.54, 1.807) is 30.3 Å². The molecule has 0 bridgehead atoms. The molecule has 8 nitrogen and oxygen atoms in total. The molecule has 10 heteroatoms. The van der Waals surface area contributed by atoms with Gasteiger partial charge in [-0.15, -0.1) is 10.2 Å². The molecule has 21 heavy (non-hydrogen) atoms. The molecule has 0 radical (unpaired) electrons. The number of nitrogens with zero attached hydrogens (tertiary/aromatic N) is 3. The third-order valence-electron chi connectivity index (χ3n) is 2.27. The van der Waals surface area contributed by atoms with Gasteiger partial charge in [0.15, 0.2) is 0 Å². The molecule has 2 rings (SSSR count). The molecule has 0 aliphatic rings. The van der Waals surface area contributed by atoms with Crippen molar-refractivity contribution in [3.05, 3.63) is 30.3 Å². The summed E-state index contributed by atoms with van der Waals surface area (Å²) in [6, 6.07) is 8.45. The van der Waals surface area contributed by atoms with Crippen molar-refractivity contribution in [2.75, 3.05) is 19.4 Å². The van der Waals surface area contributed by atoms with Crippen LogP contribution in [0.2, 0.25) is 0 Å². The first-order chi connectivity index (χ1) is 9.89. The molecule has 1 aromatic carbocycles. The molecular formula is C11H12N4O4S2. The lowest BCUT2D eigenvalue weighted by Crippen LogP contribution is -2.22. The van der Waals surface area contributed by atoms with Gasteiger partial charge < -0.3 is 4.74 Å². The number of hydrogen-bond acceptors (Lipinski definition) is 7. The number of carbonyl (C=O) groups is 1. The van der Waals surface area contributed by atoms with Gasteiger partial charge in [-0.3, -0.25) is 5.32 Å². The van der Waals surface area contributed by atoms with Gasteiger partial charge in [0.25, 0.3) is 10.0 Å². The highest BCUT2D eigenvalue weighted by molar-refractivity contribution is 7.91. The highest BCUT2D eigenvalue weighted by Gasteiger charge is 2.23. The molecule has 2 aromatic rings. The number of carbonyl (C=O) groups excluding carboxylic acids is 1. The first-order valence-electron chi connectivity index (χ1n) is 5.69. The third-order valence-corrected chi connectivity index (χ3v) is 5.27. The van der Waals surface area contributed by atoms with Gasteiger partial charge in [-0.05, 0) is 12.1 Å². The van der Waals surface area contributed by atoms with Crippen LogP contribution in [-0.4, -0.2) is 43.1 Å². The lowest BCUT2D eigenvalue weighted by atomic mass is 10.3. The van der Waals surface area contributed by atoms with Gasteiger partial charge in [0, 0.05) is 14.1 Å². The predicted octanol–water partition coefficient (Wildman–Crippen LogP) is 1.40. The molecule has 0 atom stereocenters. The smallest absolute Gasteiger partial charge is 0.410 e. The Morgan fingerprint density at radius 3 is 2.52 bits per heavy atom. The van der Waals surface area contributed by atoms with Gasteiger partial charge >= 0.3 is 6.09 Å². The summed E-state index contributed by atoms with van der Waals surface area (Å²) in [6.07, 6.45) is -0.772. The third kappa shape index (κ3) is 3.74. The monoisotopic (exact) mass is 328 g/mol. The number of benzene rings is 1. The van der Waals surface area contributed by atoms with Crippen LogP contribution >= 0.6 is 11.3 Å². The summed E-state index contributed by atoms with van der Waals surface area (Å²) < 4.78 is 29.4. The van der Waals surface area contributed by atoms with Crippen molar-refractivity contribution in [3.63, 3.8) is 0 Å². The predicted molar refractivity (Wildman–Crippen MR) is 76.9 cm³/mol. The van der Waals surface area contributed by atoms with Crippen LogP contribution in [0.1, 0.15) is 0 Å². The fraction of sp³-hybridized carbons (Fsp3) is 0.182. The van der Waals surface area contributed by atoms with Crippen molar-refractivity contribution in [2.24, 2.45) is 0 Å². The molecule has 112 valence electrons. The van der Waals surface area contributed by atoms with Gasteiger partial charge in [-0.2, -0.15) is 0 Å². The Balaban J connectivity index is 2.05. The number of amides is 1. The Morgan fingerprint density at radius 2 is 1.90 bits per heavy atom. The molecular weight excluding hydrogens is 316 g/mol. The number of ether oxygens (including phenoxy) is 1. The van der Waals surface area contributed by atoms with Crippen molar-refractivity contribution >= 4 is 32.6 Å². The first kappa shape index (κ1) is 15.4. The standard InChI is InChI=1S/C11H12N4O4S2/c1-15(2)21(17,18)11-14-13-9(20-11)12-10(16)19-8-6-4-3-5-7-8/h3-7H,1-2H3,(H,12,13,16). The minimum atomic E-state index is -3.66.